The summed E-state index contributed by atoms with van der Waals surface area (Å²) in [7, 11) is 0. The monoisotopic (exact) mass is 520 g/mol. The minimum Gasteiger partial charge on any atom is -0.489 e. The Labute approximate surface area is 217 Å². The number of benzene rings is 2. The van der Waals surface area contributed by atoms with Gasteiger partial charge in [-0.1, -0.05) is 23.4 Å². The van der Waals surface area contributed by atoms with Gasteiger partial charge in [-0.05, 0) is 65.5 Å². The van der Waals surface area contributed by atoms with Crippen molar-refractivity contribution in [2.45, 2.75) is 32.4 Å². The van der Waals surface area contributed by atoms with Crippen molar-refractivity contribution in [3.63, 3.8) is 0 Å². The Bertz CT molecular complexity index is 1410. The largest absolute Gasteiger partial charge is 0.489 e. The van der Waals surface area contributed by atoms with Crippen LogP contribution in [-0.2, 0) is 13.2 Å². The number of nitrogens with zero attached hydrogens (tertiary/aromatic N) is 6. The summed E-state index contributed by atoms with van der Waals surface area (Å²) in [5.74, 6) is -0.00939. The second kappa shape index (κ2) is 11.6. The van der Waals surface area contributed by atoms with Gasteiger partial charge in [-0.2, -0.15) is 9.78 Å². The molecule has 1 fully saturated rings. The van der Waals surface area contributed by atoms with Gasteiger partial charge in [0.15, 0.2) is 5.69 Å². The molecule has 13 heteroatoms. The highest BCUT2D eigenvalue weighted by atomic mass is 19.1. The highest BCUT2D eigenvalue weighted by molar-refractivity contribution is 5.94. The lowest BCUT2D eigenvalue weighted by Gasteiger charge is -2.23. The van der Waals surface area contributed by atoms with E-state index in [9.17, 15) is 9.18 Å². The minimum atomic E-state index is -0.515. The molecule has 0 bridgehead atoms. The van der Waals surface area contributed by atoms with Crippen LogP contribution in [0.5, 0.6) is 5.75 Å². The molecule has 0 aliphatic carbocycles. The maximum absolute atomic E-state index is 13.8. The first-order chi connectivity index (χ1) is 18.6. The molecule has 5 rings (SSSR count). The molecule has 38 heavy (non-hydrogen) atoms. The number of carbonyl (C=O) groups is 1. The summed E-state index contributed by atoms with van der Waals surface area (Å²) in [5, 5.41) is 19.6. The van der Waals surface area contributed by atoms with E-state index >= 15 is 0 Å². The zero-order valence-electron chi connectivity index (χ0n) is 20.5. The van der Waals surface area contributed by atoms with Crippen LogP contribution >= 0.6 is 0 Å². The summed E-state index contributed by atoms with van der Waals surface area (Å²) < 4.78 is 25.5. The number of carbonyl (C=O) groups excluding carboxylic acids is 1. The van der Waals surface area contributed by atoms with Crippen molar-refractivity contribution in [3.8, 4) is 11.6 Å². The van der Waals surface area contributed by atoms with Crippen LogP contribution in [0.15, 0.2) is 58.3 Å². The number of nitrogen functional groups attached to an aromatic ring is 1. The van der Waals surface area contributed by atoms with E-state index < -0.39 is 5.91 Å². The van der Waals surface area contributed by atoms with Crippen molar-refractivity contribution in [2.75, 3.05) is 18.8 Å². The number of hydrazone groups is 1. The highest BCUT2D eigenvalue weighted by Crippen LogP contribution is 2.17. The number of quaternary nitrogens is 1. The van der Waals surface area contributed by atoms with Crippen LogP contribution in [0.1, 0.15) is 46.6 Å². The van der Waals surface area contributed by atoms with Gasteiger partial charge in [0.2, 0.25) is 11.6 Å². The first-order valence-corrected chi connectivity index (χ1v) is 12.2. The Morgan fingerprint density at radius 2 is 1.95 bits per heavy atom. The molecule has 1 amide bonds. The number of hydrogen-bond donors (Lipinski definition) is 3. The van der Waals surface area contributed by atoms with E-state index in [1.54, 1.807) is 42.5 Å². The van der Waals surface area contributed by atoms with E-state index in [-0.39, 0.29) is 29.8 Å². The van der Waals surface area contributed by atoms with E-state index in [1.807, 2.05) is 0 Å². The smallest absolute Gasteiger partial charge is 0.294 e. The number of nitrogens with one attached hydrogen (secondary N) is 2. The van der Waals surface area contributed by atoms with E-state index in [0.717, 1.165) is 31.5 Å². The van der Waals surface area contributed by atoms with E-state index in [1.165, 1.54) is 28.3 Å². The van der Waals surface area contributed by atoms with Crippen molar-refractivity contribution in [2.24, 2.45) is 5.10 Å². The lowest BCUT2D eigenvalue weighted by molar-refractivity contribution is -0.918. The SMILES string of the molecule is Nc1nonc1-n1nnc(C(=O)NN=Cc2ccc(OCc3ccccc3F)cc2)c1C[NH+]1CCCCC1. The lowest BCUT2D eigenvalue weighted by Crippen LogP contribution is -3.11. The fraction of sp³-hybridized carbons (Fsp3) is 0.280. The van der Waals surface area contributed by atoms with Crippen LogP contribution in [-0.4, -0.2) is 50.5 Å². The molecule has 4 aromatic rings. The Morgan fingerprint density at radius 1 is 1.16 bits per heavy atom. The molecule has 3 heterocycles. The first kappa shape index (κ1) is 25.0. The topological polar surface area (TPSA) is 151 Å². The van der Waals surface area contributed by atoms with Crippen LogP contribution < -0.4 is 20.8 Å². The molecule has 2 aromatic heterocycles. The van der Waals surface area contributed by atoms with Gasteiger partial charge < -0.3 is 15.4 Å². The molecular formula is C25H27FN9O3+. The summed E-state index contributed by atoms with van der Waals surface area (Å²) in [4.78, 5) is 14.3. The second-order valence-corrected chi connectivity index (χ2v) is 8.91. The van der Waals surface area contributed by atoms with Crippen LogP contribution in [0, 0.1) is 5.82 Å². The predicted octanol–water partition coefficient (Wildman–Crippen LogP) is 1.28. The number of amides is 1. The van der Waals surface area contributed by atoms with E-state index in [0.29, 0.717) is 23.6 Å². The predicted molar refractivity (Wildman–Crippen MR) is 134 cm³/mol. The Kier molecular flexibility index (Phi) is 7.64. The minimum absolute atomic E-state index is 0.0519. The zero-order valence-corrected chi connectivity index (χ0v) is 20.5. The number of piperidine rings is 1. The van der Waals surface area contributed by atoms with Gasteiger partial charge in [0.05, 0.1) is 19.3 Å². The summed E-state index contributed by atoms with van der Waals surface area (Å²) in [6.45, 7) is 2.60. The highest BCUT2D eigenvalue weighted by Gasteiger charge is 2.27. The number of aromatic nitrogens is 5. The third-order valence-corrected chi connectivity index (χ3v) is 6.26. The second-order valence-electron chi connectivity index (χ2n) is 8.91. The van der Waals surface area contributed by atoms with E-state index in [2.05, 4.69) is 31.2 Å². The maximum atomic E-state index is 13.8. The van der Waals surface area contributed by atoms with Crippen molar-refractivity contribution < 1.29 is 23.5 Å². The molecule has 2 aromatic carbocycles. The number of likely N-dealkylation sites (tertiary alicyclic amines) is 1. The molecule has 12 nitrogen and oxygen atoms in total. The number of hydrogen-bond acceptors (Lipinski definition) is 9. The number of anilines is 1. The van der Waals surface area contributed by atoms with Gasteiger partial charge in [-0.15, -0.1) is 5.10 Å². The molecule has 1 aliphatic heterocycles. The Morgan fingerprint density at radius 3 is 2.68 bits per heavy atom. The van der Waals surface area contributed by atoms with Crippen LogP contribution in [0.25, 0.3) is 5.82 Å². The van der Waals surface area contributed by atoms with Gasteiger partial charge in [-0.3, -0.25) is 4.79 Å². The quantitative estimate of drug-likeness (QED) is 0.221. The molecule has 0 spiro atoms. The average molecular weight is 521 g/mol. The lowest BCUT2D eigenvalue weighted by atomic mass is 10.1. The standard InChI is InChI=1S/C25H26FN9O3/c26-20-7-3-2-6-18(20)16-37-19-10-8-17(9-11-19)14-28-30-25(36)22-21(15-34-12-4-1-5-13-34)35(33-29-22)24-23(27)31-38-32-24/h2-3,6-11,14H,1,4-5,12-13,15-16H2,(H2,27,31)(H,30,36)/p+1. The van der Waals surface area contributed by atoms with Gasteiger partial charge >= 0.3 is 0 Å². The molecule has 1 saturated heterocycles. The van der Waals surface area contributed by atoms with Crippen molar-refractivity contribution in [1.29, 1.82) is 0 Å². The molecule has 196 valence electrons. The summed E-state index contributed by atoms with van der Waals surface area (Å²) in [6.07, 6.45) is 4.92. The average Bonchev–Trinajstić information content (AvgIpc) is 3.55. The Balaban J connectivity index is 1.24. The summed E-state index contributed by atoms with van der Waals surface area (Å²) in [5.41, 5.74) is 10.2. The normalized spacial score (nSPS) is 14.1. The molecule has 0 unspecified atom stereocenters. The molecule has 4 N–H and O–H groups in total. The third-order valence-electron chi connectivity index (χ3n) is 6.26. The molecule has 1 aliphatic rings. The summed E-state index contributed by atoms with van der Waals surface area (Å²) in [6, 6.07) is 13.5. The number of rotatable bonds is 9. The van der Waals surface area contributed by atoms with Crippen LogP contribution in [0.2, 0.25) is 0 Å². The maximum Gasteiger partial charge on any atom is 0.294 e. The van der Waals surface area contributed by atoms with E-state index in [4.69, 9.17) is 15.1 Å². The van der Waals surface area contributed by atoms with Crippen molar-refractivity contribution >= 4 is 17.9 Å². The molecule has 0 atom stereocenters. The third kappa shape index (κ3) is 5.83. The van der Waals surface area contributed by atoms with Crippen molar-refractivity contribution in [3.05, 3.63) is 76.9 Å². The van der Waals surface area contributed by atoms with Crippen LogP contribution in [0.4, 0.5) is 10.2 Å². The first-order valence-electron chi connectivity index (χ1n) is 12.2. The zero-order chi connectivity index (χ0) is 26.3. The van der Waals surface area contributed by atoms with Gasteiger partial charge in [-0.25, -0.2) is 14.4 Å². The fourth-order valence-corrected chi connectivity index (χ4v) is 4.25. The number of halogens is 1. The molecule has 0 saturated carbocycles. The van der Waals surface area contributed by atoms with Gasteiger partial charge in [0.25, 0.3) is 5.91 Å². The van der Waals surface area contributed by atoms with Gasteiger partial charge in [0.1, 0.15) is 30.4 Å². The summed E-state index contributed by atoms with van der Waals surface area (Å²) >= 11 is 0. The fourth-order valence-electron chi connectivity index (χ4n) is 4.25. The van der Waals surface area contributed by atoms with Gasteiger partial charge in [0, 0.05) is 5.56 Å². The number of ether oxygens (including phenoxy) is 1. The number of nitrogens with two attached hydrogens (primary N) is 1. The molecular weight excluding hydrogens is 493 g/mol. The Hall–Kier alpha value is -4.65. The molecule has 0 radical (unpaired) electrons. The van der Waals surface area contributed by atoms with Crippen molar-refractivity contribution in [1.82, 2.24) is 30.7 Å². The van der Waals surface area contributed by atoms with Crippen LogP contribution in [0.3, 0.4) is 0 Å².